The van der Waals surface area contributed by atoms with Crippen molar-refractivity contribution < 1.29 is 14.3 Å². The maximum Gasteiger partial charge on any atom is 0.262 e. The summed E-state index contributed by atoms with van der Waals surface area (Å²) in [6, 6.07) is 17.1. The highest BCUT2D eigenvalue weighted by Crippen LogP contribution is 2.33. The second-order valence-electron chi connectivity index (χ2n) is 8.57. The molecule has 2 aromatic carbocycles. The number of nitrogens with one attached hydrogen (secondary N) is 4. The summed E-state index contributed by atoms with van der Waals surface area (Å²) in [5.74, 6) is 1.40. The van der Waals surface area contributed by atoms with Gasteiger partial charge in [-0.3, -0.25) is 9.59 Å². The van der Waals surface area contributed by atoms with Crippen molar-refractivity contribution in [3.63, 3.8) is 0 Å². The van der Waals surface area contributed by atoms with Crippen LogP contribution in [-0.4, -0.2) is 48.8 Å². The van der Waals surface area contributed by atoms with Gasteiger partial charge in [-0.05, 0) is 53.9 Å². The van der Waals surface area contributed by atoms with Crippen molar-refractivity contribution in [2.45, 2.75) is 0 Å². The number of H-pyrrole nitrogens is 1. The van der Waals surface area contributed by atoms with Gasteiger partial charge < -0.3 is 35.3 Å². The van der Waals surface area contributed by atoms with Crippen molar-refractivity contribution in [2.24, 2.45) is 0 Å². The molecule has 1 fully saturated rings. The molecule has 10 heteroatoms. The van der Waals surface area contributed by atoms with E-state index in [0.29, 0.717) is 28.5 Å². The van der Waals surface area contributed by atoms with Crippen LogP contribution in [-0.2, 0) is 9.53 Å². The summed E-state index contributed by atoms with van der Waals surface area (Å²) in [5, 5.41) is 10.6. The van der Waals surface area contributed by atoms with Crippen molar-refractivity contribution >= 4 is 51.1 Å². The minimum absolute atomic E-state index is 0.0220. The van der Waals surface area contributed by atoms with E-state index in [9.17, 15) is 9.59 Å². The number of carbonyl (C=O) groups excluding carboxylic acids is 1. The van der Waals surface area contributed by atoms with Crippen LogP contribution in [0.2, 0.25) is 0 Å². The molecule has 2 aliphatic rings. The van der Waals surface area contributed by atoms with Gasteiger partial charge in [0.05, 0.1) is 24.3 Å². The molecule has 36 heavy (non-hydrogen) atoms. The Morgan fingerprint density at radius 1 is 0.917 bits per heavy atom. The number of morpholine rings is 1. The third-order valence-electron chi connectivity index (χ3n) is 6.15. The molecule has 182 valence electrons. The summed E-state index contributed by atoms with van der Waals surface area (Å²) in [4.78, 5) is 33.9. The number of pyridine rings is 2. The van der Waals surface area contributed by atoms with E-state index in [4.69, 9.17) is 14.5 Å². The third kappa shape index (κ3) is 4.41. The molecule has 0 radical (unpaired) electrons. The molecule has 4 N–H and O–H groups in total. The smallest absolute Gasteiger partial charge is 0.262 e. The van der Waals surface area contributed by atoms with Crippen LogP contribution in [0.1, 0.15) is 0 Å². The van der Waals surface area contributed by atoms with Crippen LogP contribution in [0.4, 0.5) is 34.4 Å². The first kappa shape index (κ1) is 21.9. The Morgan fingerprint density at radius 2 is 1.72 bits per heavy atom. The summed E-state index contributed by atoms with van der Waals surface area (Å²) in [5.41, 5.74) is 3.08. The van der Waals surface area contributed by atoms with E-state index < -0.39 is 0 Å². The zero-order valence-corrected chi connectivity index (χ0v) is 19.3. The third-order valence-corrected chi connectivity index (χ3v) is 6.15. The Hall–Kier alpha value is -4.57. The fourth-order valence-electron chi connectivity index (χ4n) is 4.38. The molecular formula is C26H24N6O4. The number of ether oxygens (including phenoxy) is 2. The number of fused-ring (bicyclic) bond motifs is 2. The molecule has 0 saturated carbocycles. The Bertz CT molecular complexity index is 1500. The highest BCUT2D eigenvalue weighted by atomic mass is 16.5. The predicted molar refractivity (Wildman–Crippen MR) is 139 cm³/mol. The molecule has 1 saturated heterocycles. The summed E-state index contributed by atoms with van der Waals surface area (Å²) in [6.45, 7) is 3.16. The second kappa shape index (κ2) is 9.23. The topological polar surface area (TPSA) is 121 Å². The van der Waals surface area contributed by atoms with Crippen molar-refractivity contribution in [1.29, 1.82) is 0 Å². The van der Waals surface area contributed by atoms with E-state index in [-0.39, 0.29) is 18.1 Å². The maximum absolute atomic E-state index is 12.7. The monoisotopic (exact) mass is 484 g/mol. The average Bonchev–Trinajstić information content (AvgIpc) is 2.90. The van der Waals surface area contributed by atoms with Crippen molar-refractivity contribution in [3.05, 3.63) is 71.1 Å². The van der Waals surface area contributed by atoms with Crippen LogP contribution in [0.3, 0.4) is 0 Å². The van der Waals surface area contributed by atoms with Crippen LogP contribution in [0, 0.1) is 0 Å². The Labute approximate surface area is 206 Å². The summed E-state index contributed by atoms with van der Waals surface area (Å²) in [7, 11) is 0. The van der Waals surface area contributed by atoms with Crippen LogP contribution in [0.5, 0.6) is 5.75 Å². The molecule has 1 amide bonds. The molecule has 4 heterocycles. The standard InChI is InChI=1S/C26H24N6O4/c33-23-15-36-21-14-18(3-6-20(21)30-23)28-22-13-16-7-8-27-26(34)24(16)25(31-22)29-17-1-4-19(5-2-17)32-9-11-35-12-10-32/h1-8,13-14H,9-12,15H2,(H,27,34)(H,30,33)(H2,28,29,31). The first-order valence-corrected chi connectivity index (χ1v) is 11.7. The number of benzene rings is 2. The Morgan fingerprint density at radius 3 is 2.56 bits per heavy atom. The molecule has 0 aliphatic carbocycles. The predicted octanol–water partition coefficient (Wildman–Crippen LogP) is 3.58. The summed E-state index contributed by atoms with van der Waals surface area (Å²) < 4.78 is 11.0. The second-order valence-corrected chi connectivity index (χ2v) is 8.57. The lowest BCUT2D eigenvalue weighted by atomic mass is 10.2. The lowest BCUT2D eigenvalue weighted by molar-refractivity contribution is -0.118. The van der Waals surface area contributed by atoms with Gasteiger partial charge in [-0.25, -0.2) is 4.98 Å². The molecule has 4 aromatic rings. The Balaban J connectivity index is 1.30. The zero-order chi connectivity index (χ0) is 24.5. The molecule has 0 atom stereocenters. The largest absolute Gasteiger partial charge is 0.482 e. The first-order chi connectivity index (χ1) is 17.6. The number of amides is 1. The van der Waals surface area contributed by atoms with Gasteiger partial charge in [-0.1, -0.05) is 0 Å². The summed E-state index contributed by atoms with van der Waals surface area (Å²) >= 11 is 0. The normalized spacial score (nSPS) is 15.1. The minimum atomic E-state index is -0.225. The van der Waals surface area contributed by atoms with E-state index in [1.54, 1.807) is 18.3 Å². The lowest BCUT2D eigenvalue weighted by Gasteiger charge is -2.28. The fraction of sp³-hybridized carbons (Fsp3) is 0.192. The van der Waals surface area contributed by atoms with E-state index >= 15 is 0 Å². The highest BCUT2D eigenvalue weighted by molar-refractivity contribution is 5.96. The highest BCUT2D eigenvalue weighted by Gasteiger charge is 2.17. The van der Waals surface area contributed by atoms with Gasteiger partial charge in [0.2, 0.25) is 0 Å². The van der Waals surface area contributed by atoms with Crippen molar-refractivity contribution in [3.8, 4) is 5.75 Å². The van der Waals surface area contributed by atoms with Crippen LogP contribution in [0.15, 0.2) is 65.6 Å². The maximum atomic E-state index is 12.7. The molecule has 6 rings (SSSR count). The lowest BCUT2D eigenvalue weighted by Crippen LogP contribution is -2.36. The number of hydrogen-bond donors (Lipinski definition) is 4. The molecular weight excluding hydrogens is 460 g/mol. The fourth-order valence-corrected chi connectivity index (χ4v) is 4.38. The number of rotatable bonds is 5. The number of nitrogens with zero attached hydrogens (tertiary/aromatic N) is 2. The van der Waals surface area contributed by atoms with Crippen molar-refractivity contribution in [2.75, 3.05) is 53.8 Å². The van der Waals surface area contributed by atoms with Crippen molar-refractivity contribution in [1.82, 2.24) is 9.97 Å². The van der Waals surface area contributed by atoms with E-state index in [1.807, 2.05) is 42.5 Å². The van der Waals surface area contributed by atoms with Gasteiger partial charge >= 0.3 is 0 Å². The number of aromatic nitrogens is 2. The van der Waals surface area contributed by atoms with Gasteiger partial charge in [0.1, 0.15) is 17.4 Å². The zero-order valence-electron chi connectivity index (χ0n) is 19.3. The number of anilines is 6. The molecule has 0 bridgehead atoms. The SMILES string of the molecule is O=C1COc2cc(Nc3cc4cc[nH]c(=O)c4c(Nc4ccc(N5CCOCC5)cc4)n3)ccc2N1. The number of hydrogen-bond acceptors (Lipinski definition) is 8. The van der Waals surface area contributed by atoms with Crippen LogP contribution < -0.4 is 31.1 Å². The number of carbonyl (C=O) groups is 1. The van der Waals surface area contributed by atoms with Crippen LogP contribution in [0.25, 0.3) is 10.8 Å². The van der Waals surface area contributed by atoms with E-state index in [1.165, 1.54) is 0 Å². The van der Waals surface area contributed by atoms with Gasteiger partial charge in [0.25, 0.3) is 11.5 Å². The summed E-state index contributed by atoms with van der Waals surface area (Å²) in [6.07, 6.45) is 1.62. The van der Waals surface area contributed by atoms with Gasteiger partial charge in [-0.15, -0.1) is 0 Å². The van der Waals surface area contributed by atoms with E-state index in [2.05, 4.69) is 25.8 Å². The average molecular weight is 485 g/mol. The Kier molecular flexibility index (Phi) is 5.62. The van der Waals surface area contributed by atoms with Gasteiger partial charge in [0.15, 0.2) is 6.61 Å². The van der Waals surface area contributed by atoms with Gasteiger partial charge in [-0.2, -0.15) is 0 Å². The molecule has 2 aliphatic heterocycles. The molecule has 2 aromatic heterocycles. The van der Waals surface area contributed by atoms with E-state index in [0.717, 1.165) is 48.8 Å². The minimum Gasteiger partial charge on any atom is -0.482 e. The molecule has 0 spiro atoms. The molecule has 0 unspecified atom stereocenters. The number of aromatic amines is 1. The molecule has 10 nitrogen and oxygen atoms in total. The van der Waals surface area contributed by atoms with Gasteiger partial charge in [0, 0.05) is 42.4 Å². The first-order valence-electron chi connectivity index (χ1n) is 11.7. The van der Waals surface area contributed by atoms with Crippen LogP contribution >= 0.6 is 0 Å². The quantitative estimate of drug-likeness (QED) is 0.339.